The molecule has 0 aliphatic carbocycles. The van der Waals surface area contributed by atoms with Gasteiger partial charge in [-0.05, 0) is 49.4 Å². The predicted octanol–water partition coefficient (Wildman–Crippen LogP) is 5.13. The monoisotopic (exact) mass is 487 g/mol. The molecule has 1 atom stereocenters. The van der Waals surface area contributed by atoms with E-state index < -0.39 is 28.0 Å². The molecule has 1 unspecified atom stereocenters. The van der Waals surface area contributed by atoms with Gasteiger partial charge < -0.3 is 0 Å². The van der Waals surface area contributed by atoms with Crippen molar-refractivity contribution in [2.24, 2.45) is 0 Å². The maximum atomic E-state index is 13.7. The van der Waals surface area contributed by atoms with E-state index in [1.54, 1.807) is 39.0 Å². The lowest BCUT2D eigenvalue weighted by molar-refractivity contribution is -0.145. The van der Waals surface area contributed by atoms with Crippen molar-refractivity contribution in [1.82, 2.24) is 14.7 Å². The molecule has 0 aliphatic heterocycles. The zero-order valence-corrected chi connectivity index (χ0v) is 19.3. The third-order valence-corrected chi connectivity index (χ3v) is 7.98. The van der Waals surface area contributed by atoms with E-state index >= 15 is 0 Å². The number of sulfonamides is 1. The number of halogens is 3. The highest BCUT2D eigenvalue weighted by Crippen LogP contribution is 2.30. The summed E-state index contributed by atoms with van der Waals surface area (Å²) in [5.41, 5.74) is 2.22. The van der Waals surface area contributed by atoms with Crippen LogP contribution in [-0.2, 0) is 10.0 Å². The van der Waals surface area contributed by atoms with Crippen molar-refractivity contribution in [3.8, 4) is 10.6 Å². The first-order chi connectivity index (χ1) is 14.5. The molecule has 166 valence electrons. The van der Waals surface area contributed by atoms with Crippen LogP contribution in [0, 0.1) is 20.8 Å². The van der Waals surface area contributed by atoms with Crippen molar-refractivity contribution in [3.63, 3.8) is 0 Å². The Bertz CT molecular complexity index is 1140. The van der Waals surface area contributed by atoms with E-state index in [4.69, 9.17) is 0 Å². The number of hydrogen-bond donors (Lipinski definition) is 1. The van der Waals surface area contributed by atoms with E-state index in [0.717, 1.165) is 22.2 Å². The van der Waals surface area contributed by atoms with Gasteiger partial charge in [0.1, 0.15) is 6.04 Å². The molecule has 1 N–H and O–H groups in total. The van der Waals surface area contributed by atoms with Gasteiger partial charge in [-0.2, -0.15) is 17.9 Å². The number of thiophene rings is 1. The molecule has 0 radical (unpaired) electrons. The van der Waals surface area contributed by atoms with Crippen LogP contribution in [0.5, 0.6) is 0 Å². The lowest BCUT2D eigenvalue weighted by atomic mass is 10.1. The van der Waals surface area contributed by atoms with Crippen LogP contribution in [-0.4, -0.2) is 36.4 Å². The van der Waals surface area contributed by atoms with E-state index in [-0.39, 0.29) is 10.1 Å². The third-order valence-electron chi connectivity index (χ3n) is 4.35. The fourth-order valence-corrected chi connectivity index (χ4v) is 6.52. The standard InChI is InChI=1S/C20H20F3N3O2S3/c1-12-9-13(2)18(14(3)10-12)31(27,28)26-17(20(21,22)23)11-30-19-24-7-6-15(25-19)16-5-4-8-29-16/h4-10,17,26H,11H2,1-3H3. The Hall–Kier alpha value is -1.95. The normalized spacial score (nSPS) is 13.4. The van der Waals surface area contributed by atoms with E-state index in [0.29, 0.717) is 16.8 Å². The summed E-state index contributed by atoms with van der Waals surface area (Å²) < 4.78 is 68.4. The summed E-state index contributed by atoms with van der Waals surface area (Å²) in [4.78, 5) is 9.02. The highest BCUT2D eigenvalue weighted by Gasteiger charge is 2.43. The number of aromatic nitrogens is 2. The van der Waals surface area contributed by atoms with Gasteiger partial charge >= 0.3 is 6.18 Å². The Labute approximate surface area is 187 Å². The lowest BCUT2D eigenvalue weighted by Crippen LogP contribution is -2.47. The minimum absolute atomic E-state index is 0.131. The summed E-state index contributed by atoms with van der Waals surface area (Å²) in [6.07, 6.45) is -3.31. The second-order valence-electron chi connectivity index (χ2n) is 6.96. The average molecular weight is 488 g/mol. The number of benzene rings is 1. The molecule has 0 spiro atoms. The van der Waals surface area contributed by atoms with Gasteiger partial charge in [-0.3, -0.25) is 0 Å². The Morgan fingerprint density at radius 3 is 2.42 bits per heavy atom. The molecule has 2 heterocycles. The Morgan fingerprint density at radius 2 is 1.84 bits per heavy atom. The van der Waals surface area contributed by atoms with Gasteiger partial charge in [0.2, 0.25) is 10.0 Å². The van der Waals surface area contributed by atoms with Gasteiger partial charge in [0, 0.05) is 11.9 Å². The van der Waals surface area contributed by atoms with Crippen molar-refractivity contribution in [2.45, 2.75) is 43.0 Å². The van der Waals surface area contributed by atoms with Crippen molar-refractivity contribution in [1.29, 1.82) is 0 Å². The Morgan fingerprint density at radius 1 is 1.16 bits per heavy atom. The molecule has 5 nitrogen and oxygen atoms in total. The van der Waals surface area contributed by atoms with E-state index in [1.165, 1.54) is 17.5 Å². The second kappa shape index (κ2) is 9.27. The van der Waals surface area contributed by atoms with Crippen LogP contribution in [0.25, 0.3) is 10.6 Å². The largest absolute Gasteiger partial charge is 0.405 e. The molecule has 2 aromatic heterocycles. The molecule has 3 rings (SSSR count). The van der Waals surface area contributed by atoms with Gasteiger partial charge in [0.25, 0.3) is 0 Å². The Kier molecular flexibility index (Phi) is 7.09. The lowest BCUT2D eigenvalue weighted by Gasteiger charge is -2.22. The fraction of sp³-hybridized carbons (Fsp3) is 0.300. The maximum Gasteiger partial charge on any atom is 0.405 e. The molecule has 3 aromatic rings. The van der Waals surface area contributed by atoms with Gasteiger partial charge in [-0.15, -0.1) is 11.3 Å². The smallest absolute Gasteiger partial charge is 0.231 e. The number of nitrogens with one attached hydrogen (secondary N) is 1. The highest BCUT2D eigenvalue weighted by molar-refractivity contribution is 7.99. The van der Waals surface area contributed by atoms with E-state index in [2.05, 4.69) is 9.97 Å². The molecule has 31 heavy (non-hydrogen) atoms. The number of nitrogens with zero attached hydrogens (tertiary/aromatic N) is 2. The van der Waals surface area contributed by atoms with Crippen LogP contribution in [0.3, 0.4) is 0 Å². The SMILES string of the molecule is Cc1cc(C)c(S(=O)(=O)NC(CSc2nccc(-c3cccs3)n2)C(F)(F)F)c(C)c1. The topological polar surface area (TPSA) is 72.0 Å². The van der Waals surface area contributed by atoms with Crippen LogP contribution < -0.4 is 4.72 Å². The Balaban J connectivity index is 1.82. The zero-order valence-electron chi connectivity index (χ0n) is 16.9. The van der Waals surface area contributed by atoms with Crippen LogP contribution in [0.4, 0.5) is 13.2 Å². The van der Waals surface area contributed by atoms with Crippen molar-refractivity contribution in [3.05, 3.63) is 58.6 Å². The molecule has 0 fully saturated rings. The average Bonchev–Trinajstić information content (AvgIpc) is 3.18. The second-order valence-corrected chi connectivity index (χ2v) is 10.5. The van der Waals surface area contributed by atoms with Crippen molar-refractivity contribution < 1.29 is 21.6 Å². The van der Waals surface area contributed by atoms with Crippen LogP contribution in [0.15, 0.2) is 52.0 Å². The fourth-order valence-electron chi connectivity index (χ4n) is 3.16. The summed E-state index contributed by atoms with van der Waals surface area (Å²) >= 11 is 2.20. The molecular formula is C20H20F3N3O2S3. The number of thioether (sulfide) groups is 1. The summed E-state index contributed by atoms with van der Waals surface area (Å²) in [5, 5.41) is 2.01. The maximum absolute atomic E-state index is 13.7. The molecule has 0 saturated carbocycles. The van der Waals surface area contributed by atoms with Crippen LogP contribution >= 0.6 is 23.1 Å². The molecule has 0 bridgehead atoms. The van der Waals surface area contributed by atoms with Crippen LogP contribution in [0.2, 0.25) is 0 Å². The van der Waals surface area contributed by atoms with E-state index in [1.807, 2.05) is 22.2 Å². The van der Waals surface area contributed by atoms with Gasteiger partial charge in [0.05, 0.1) is 15.5 Å². The zero-order chi connectivity index (χ0) is 22.8. The first-order valence-electron chi connectivity index (χ1n) is 9.14. The first-order valence-corrected chi connectivity index (χ1v) is 12.5. The summed E-state index contributed by atoms with van der Waals surface area (Å²) in [6, 6.07) is 6.32. The van der Waals surface area contributed by atoms with Gasteiger partial charge in [-0.25, -0.2) is 18.4 Å². The summed E-state index contributed by atoms with van der Waals surface area (Å²) in [6.45, 7) is 4.93. The van der Waals surface area contributed by atoms with E-state index in [9.17, 15) is 21.6 Å². The quantitative estimate of drug-likeness (QED) is 0.369. The molecule has 11 heteroatoms. The van der Waals surface area contributed by atoms with Crippen molar-refractivity contribution in [2.75, 3.05) is 5.75 Å². The minimum Gasteiger partial charge on any atom is -0.231 e. The summed E-state index contributed by atoms with van der Waals surface area (Å²) in [7, 11) is -4.39. The number of hydrogen-bond acceptors (Lipinski definition) is 6. The molecular weight excluding hydrogens is 467 g/mol. The number of alkyl halides is 3. The molecule has 1 aromatic carbocycles. The molecule has 0 aliphatic rings. The van der Waals surface area contributed by atoms with Crippen LogP contribution in [0.1, 0.15) is 16.7 Å². The summed E-state index contributed by atoms with van der Waals surface area (Å²) in [5.74, 6) is -0.597. The first kappa shape index (κ1) is 23.7. The highest BCUT2D eigenvalue weighted by atomic mass is 32.2. The number of rotatable bonds is 7. The number of aryl methyl sites for hydroxylation is 3. The molecule has 0 amide bonds. The van der Waals surface area contributed by atoms with Gasteiger partial charge in [-0.1, -0.05) is 35.5 Å². The van der Waals surface area contributed by atoms with Gasteiger partial charge in [0.15, 0.2) is 5.16 Å². The minimum atomic E-state index is -4.78. The molecule has 0 saturated heterocycles. The third kappa shape index (κ3) is 5.85. The predicted molar refractivity (Wildman–Crippen MR) is 117 cm³/mol. The van der Waals surface area contributed by atoms with Crippen molar-refractivity contribution >= 4 is 33.1 Å².